The summed E-state index contributed by atoms with van der Waals surface area (Å²) in [4.78, 5) is 11.1. The Morgan fingerprint density at radius 3 is 2.58 bits per heavy atom. The van der Waals surface area contributed by atoms with Gasteiger partial charge in [0.05, 0.1) is 12.7 Å². The number of halogens is 1. The number of methoxy groups -OCH3 is 1. The number of rotatable bonds is 5. The highest BCUT2D eigenvalue weighted by atomic mass is 79.9. The number of hydrogen-bond donors (Lipinski definition) is 0. The summed E-state index contributed by atoms with van der Waals surface area (Å²) in [6.45, 7) is 0.404. The molecule has 0 saturated carbocycles. The second-order valence-corrected chi connectivity index (χ2v) is 4.77. The van der Waals surface area contributed by atoms with Crippen molar-refractivity contribution in [2.45, 2.75) is 6.61 Å². The van der Waals surface area contributed by atoms with Crippen LogP contribution in [-0.2, 0) is 6.61 Å². The van der Waals surface area contributed by atoms with Gasteiger partial charge in [-0.05, 0) is 27.6 Å². The third kappa shape index (κ3) is 3.35. The predicted molar refractivity (Wildman–Crippen MR) is 76.9 cm³/mol. The molecule has 0 bridgehead atoms. The fourth-order valence-electron chi connectivity index (χ4n) is 1.66. The van der Waals surface area contributed by atoms with Gasteiger partial charge >= 0.3 is 0 Å². The highest BCUT2D eigenvalue weighted by molar-refractivity contribution is 9.10. The van der Waals surface area contributed by atoms with Crippen LogP contribution in [0.2, 0.25) is 0 Å². The molecule has 0 saturated heterocycles. The van der Waals surface area contributed by atoms with Crippen molar-refractivity contribution in [2.24, 2.45) is 0 Å². The van der Waals surface area contributed by atoms with Crippen LogP contribution in [0.3, 0.4) is 0 Å². The van der Waals surface area contributed by atoms with Crippen molar-refractivity contribution in [1.29, 1.82) is 0 Å². The molecule has 0 N–H and O–H groups in total. The zero-order valence-electron chi connectivity index (χ0n) is 10.4. The topological polar surface area (TPSA) is 35.5 Å². The van der Waals surface area contributed by atoms with Crippen molar-refractivity contribution in [1.82, 2.24) is 0 Å². The van der Waals surface area contributed by atoms with Crippen LogP contribution in [0.1, 0.15) is 15.9 Å². The largest absolute Gasteiger partial charge is 0.497 e. The first-order chi connectivity index (χ1) is 9.24. The van der Waals surface area contributed by atoms with Crippen molar-refractivity contribution < 1.29 is 14.3 Å². The lowest BCUT2D eigenvalue weighted by atomic mass is 10.2. The van der Waals surface area contributed by atoms with E-state index in [2.05, 4.69) is 15.9 Å². The van der Waals surface area contributed by atoms with Gasteiger partial charge in [0.1, 0.15) is 18.1 Å². The molecule has 2 aromatic carbocycles. The van der Waals surface area contributed by atoms with Gasteiger partial charge in [0.2, 0.25) is 0 Å². The van der Waals surface area contributed by atoms with Crippen LogP contribution in [0.5, 0.6) is 11.5 Å². The molecule has 3 nitrogen and oxygen atoms in total. The van der Waals surface area contributed by atoms with E-state index in [9.17, 15) is 4.79 Å². The third-order valence-electron chi connectivity index (χ3n) is 2.66. The van der Waals surface area contributed by atoms with E-state index in [0.717, 1.165) is 11.8 Å². The Balaban J connectivity index is 2.23. The molecular weight excluding hydrogens is 308 g/mol. The lowest BCUT2D eigenvalue weighted by Crippen LogP contribution is -1.99. The van der Waals surface area contributed by atoms with Crippen LogP contribution >= 0.6 is 15.9 Å². The Hall–Kier alpha value is -1.81. The minimum Gasteiger partial charge on any atom is -0.497 e. The lowest BCUT2D eigenvalue weighted by molar-refractivity contribution is 0.111. The maximum atomic E-state index is 11.1. The fourth-order valence-corrected chi connectivity index (χ4v) is 2.17. The molecule has 0 atom stereocenters. The minimum atomic E-state index is 0.404. The predicted octanol–water partition coefficient (Wildman–Crippen LogP) is 3.85. The molecule has 4 heteroatoms. The van der Waals surface area contributed by atoms with Gasteiger partial charge in [-0.2, -0.15) is 0 Å². The van der Waals surface area contributed by atoms with Crippen LogP contribution in [0, 0.1) is 0 Å². The summed E-state index contributed by atoms with van der Waals surface area (Å²) < 4.78 is 11.5. The summed E-state index contributed by atoms with van der Waals surface area (Å²) in [6, 6.07) is 13.2. The number of hydrogen-bond acceptors (Lipinski definition) is 3. The molecule has 0 aromatic heterocycles. The smallest absolute Gasteiger partial charge is 0.154 e. The number of benzene rings is 2. The maximum absolute atomic E-state index is 11.1. The first kappa shape index (κ1) is 13.6. The first-order valence-corrected chi connectivity index (χ1v) is 6.53. The Kier molecular flexibility index (Phi) is 4.58. The summed E-state index contributed by atoms with van der Waals surface area (Å²) in [5, 5.41) is 0. The van der Waals surface area contributed by atoms with E-state index in [1.807, 2.05) is 30.3 Å². The monoisotopic (exact) mass is 320 g/mol. The summed E-state index contributed by atoms with van der Waals surface area (Å²) >= 11 is 3.33. The number of ether oxygens (including phenoxy) is 2. The van der Waals surface area contributed by atoms with Gasteiger partial charge in [0, 0.05) is 10.5 Å². The molecule has 0 aliphatic heterocycles. The van der Waals surface area contributed by atoms with E-state index in [4.69, 9.17) is 9.47 Å². The van der Waals surface area contributed by atoms with Crippen LogP contribution in [0.15, 0.2) is 46.9 Å². The van der Waals surface area contributed by atoms with E-state index in [1.165, 1.54) is 0 Å². The van der Waals surface area contributed by atoms with E-state index in [-0.39, 0.29) is 0 Å². The summed E-state index contributed by atoms with van der Waals surface area (Å²) in [7, 11) is 1.57. The van der Waals surface area contributed by atoms with Gasteiger partial charge in [-0.1, -0.05) is 30.3 Å². The van der Waals surface area contributed by atoms with Crippen LogP contribution in [-0.4, -0.2) is 13.4 Å². The molecule has 0 aliphatic rings. The molecule has 0 aliphatic carbocycles. The molecule has 98 valence electrons. The van der Waals surface area contributed by atoms with E-state index in [0.29, 0.717) is 28.1 Å². The second-order valence-electron chi connectivity index (χ2n) is 3.91. The standard InChI is InChI=1S/C15H13BrO3/c1-18-12-7-14(16)13(9-17)15(8-12)19-10-11-5-3-2-4-6-11/h2-9H,10H2,1H3. The number of carbonyl (C=O) groups excluding carboxylic acids is 1. The second kappa shape index (κ2) is 6.38. The molecule has 0 radical (unpaired) electrons. The van der Waals surface area contributed by atoms with Gasteiger partial charge in [-0.25, -0.2) is 0 Å². The van der Waals surface area contributed by atoms with Crippen LogP contribution in [0.25, 0.3) is 0 Å². The zero-order valence-corrected chi connectivity index (χ0v) is 12.0. The summed E-state index contributed by atoms with van der Waals surface area (Å²) in [6.07, 6.45) is 0.768. The fraction of sp³-hybridized carbons (Fsp3) is 0.133. The van der Waals surface area contributed by atoms with Crippen molar-refractivity contribution >= 4 is 22.2 Å². The van der Waals surface area contributed by atoms with Gasteiger partial charge < -0.3 is 9.47 Å². The van der Waals surface area contributed by atoms with E-state index in [1.54, 1.807) is 19.2 Å². The molecule has 0 amide bonds. The van der Waals surface area contributed by atoms with Crippen molar-refractivity contribution in [2.75, 3.05) is 7.11 Å². The van der Waals surface area contributed by atoms with E-state index >= 15 is 0 Å². The summed E-state index contributed by atoms with van der Waals surface area (Å²) in [5.41, 5.74) is 1.52. The van der Waals surface area contributed by atoms with Crippen molar-refractivity contribution in [3.8, 4) is 11.5 Å². The Morgan fingerprint density at radius 2 is 1.95 bits per heavy atom. The number of carbonyl (C=O) groups is 1. The minimum absolute atomic E-state index is 0.404. The van der Waals surface area contributed by atoms with Crippen molar-refractivity contribution in [3.63, 3.8) is 0 Å². The first-order valence-electron chi connectivity index (χ1n) is 5.74. The van der Waals surface area contributed by atoms with Gasteiger partial charge in [-0.3, -0.25) is 4.79 Å². The Labute approximate surface area is 120 Å². The average Bonchev–Trinajstić information content (AvgIpc) is 2.45. The Bertz CT molecular complexity index is 567. The molecular formula is C15H13BrO3. The molecule has 0 heterocycles. The van der Waals surface area contributed by atoms with Gasteiger partial charge in [0.25, 0.3) is 0 Å². The molecule has 2 rings (SSSR count). The molecule has 0 unspecified atom stereocenters. The lowest BCUT2D eigenvalue weighted by Gasteiger charge is -2.11. The highest BCUT2D eigenvalue weighted by Gasteiger charge is 2.10. The normalized spacial score (nSPS) is 10.0. The molecule has 0 spiro atoms. The van der Waals surface area contributed by atoms with Crippen molar-refractivity contribution in [3.05, 3.63) is 58.1 Å². The summed E-state index contributed by atoms with van der Waals surface area (Å²) in [5.74, 6) is 1.14. The van der Waals surface area contributed by atoms with E-state index < -0.39 is 0 Å². The maximum Gasteiger partial charge on any atom is 0.154 e. The number of aldehydes is 1. The van der Waals surface area contributed by atoms with Crippen LogP contribution in [0.4, 0.5) is 0 Å². The molecule has 19 heavy (non-hydrogen) atoms. The quantitative estimate of drug-likeness (QED) is 0.785. The SMILES string of the molecule is COc1cc(Br)c(C=O)c(OCc2ccccc2)c1. The van der Waals surface area contributed by atoms with Crippen LogP contribution < -0.4 is 9.47 Å². The molecule has 0 fully saturated rings. The zero-order chi connectivity index (χ0) is 13.7. The average molecular weight is 321 g/mol. The Morgan fingerprint density at radius 1 is 1.21 bits per heavy atom. The molecule has 2 aromatic rings. The van der Waals surface area contributed by atoms with Gasteiger partial charge in [-0.15, -0.1) is 0 Å². The van der Waals surface area contributed by atoms with Gasteiger partial charge in [0.15, 0.2) is 6.29 Å². The third-order valence-corrected chi connectivity index (χ3v) is 3.31. The highest BCUT2D eigenvalue weighted by Crippen LogP contribution is 2.31.